The molecule has 108 valence electrons. The van der Waals surface area contributed by atoms with Gasteiger partial charge in [-0.25, -0.2) is 4.39 Å². The highest BCUT2D eigenvalue weighted by Crippen LogP contribution is 2.37. The molecule has 0 aromatic heterocycles. The smallest absolute Gasteiger partial charge is 0.258 e. The molecule has 2 aromatic rings. The summed E-state index contributed by atoms with van der Waals surface area (Å²) >= 11 is 3.11. The fourth-order valence-electron chi connectivity index (χ4n) is 2.41. The van der Waals surface area contributed by atoms with Crippen molar-refractivity contribution in [3.8, 4) is 11.5 Å². The predicted octanol–water partition coefficient (Wildman–Crippen LogP) is 3.16. The van der Waals surface area contributed by atoms with Gasteiger partial charge in [0.15, 0.2) is 11.5 Å². The van der Waals surface area contributed by atoms with Crippen molar-refractivity contribution >= 4 is 21.8 Å². The van der Waals surface area contributed by atoms with E-state index in [0.717, 1.165) is 5.56 Å². The van der Waals surface area contributed by atoms with Crippen LogP contribution >= 0.6 is 15.9 Å². The van der Waals surface area contributed by atoms with Gasteiger partial charge in [0.25, 0.3) is 5.91 Å². The summed E-state index contributed by atoms with van der Waals surface area (Å²) in [5.74, 6) is -1.41. The summed E-state index contributed by atoms with van der Waals surface area (Å²) in [4.78, 5) is 13.8. The summed E-state index contributed by atoms with van der Waals surface area (Å²) in [6, 6.07) is 7.52. The first-order valence-corrected chi connectivity index (χ1v) is 7.03. The molecule has 1 heterocycles. The van der Waals surface area contributed by atoms with E-state index in [2.05, 4.69) is 15.9 Å². The first kappa shape index (κ1) is 13.9. The topological polar surface area (TPSA) is 60.8 Å². The molecule has 0 bridgehead atoms. The van der Waals surface area contributed by atoms with Crippen molar-refractivity contribution in [2.75, 3.05) is 0 Å². The zero-order valence-corrected chi connectivity index (χ0v) is 12.4. The summed E-state index contributed by atoms with van der Waals surface area (Å²) in [5.41, 5.74) is 1.57. The second-order valence-corrected chi connectivity index (χ2v) is 5.73. The average molecular weight is 352 g/mol. The van der Waals surface area contributed by atoms with E-state index in [9.17, 15) is 19.4 Å². The van der Waals surface area contributed by atoms with E-state index >= 15 is 0 Å². The Morgan fingerprint density at radius 1 is 1.24 bits per heavy atom. The Bertz CT molecular complexity index is 748. The van der Waals surface area contributed by atoms with Gasteiger partial charge in [-0.3, -0.25) is 4.79 Å². The summed E-state index contributed by atoms with van der Waals surface area (Å²) in [6.07, 6.45) is 0. The number of rotatable bonds is 2. The van der Waals surface area contributed by atoms with Crippen LogP contribution < -0.4 is 0 Å². The standard InChI is InChI=1S/C15H11BrFNO3/c16-10-5-8(1-3-11(10)17)6-18-7-9-2-4-12(19)14(20)13(9)15(18)21/h1-5,19-20H,6-7H2. The normalized spacial score (nSPS) is 13.6. The highest BCUT2D eigenvalue weighted by Gasteiger charge is 2.31. The molecule has 1 amide bonds. The van der Waals surface area contributed by atoms with E-state index < -0.39 is 0 Å². The SMILES string of the molecule is O=C1c2c(ccc(O)c2O)CN1Cc1ccc(F)c(Br)c1. The number of hydrogen-bond donors (Lipinski definition) is 2. The highest BCUT2D eigenvalue weighted by molar-refractivity contribution is 9.10. The number of halogens is 2. The van der Waals surface area contributed by atoms with Gasteiger partial charge in [-0.15, -0.1) is 0 Å². The number of carbonyl (C=O) groups is 1. The van der Waals surface area contributed by atoms with Crippen LogP contribution in [0.4, 0.5) is 4.39 Å². The maximum absolute atomic E-state index is 13.2. The molecule has 0 spiro atoms. The van der Waals surface area contributed by atoms with E-state index in [1.54, 1.807) is 18.2 Å². The molecule has 21 heavy (non-hydrogen) atoms. The molecular formula is C15H11BrFNO3. The Labute approximate surface area is 128 Å². The fraction of sp³-hybridized carbons (Fsp3) is 0.133. The third-order valence-electron chi connectivity index (χ3n) is 3.46. The molecule has 0 aliphatic carbocycles. The third kappa shape index (κ3) is 2.35. The van der Waals surface area contributed by atoms with E-state index in [0.29, 0.717) is 23.1 Å². The van der Waals surface area contributed by atoms with Gasteiger partial charge in [-0.05, 0) is 45.3 Å². The Morgan fingerprint density at radius 3 is 2.71 bits per heavy atom. The maximum atomic E-state index is 13.2. The van der Waals surface area contributed by atoms with Crippen LogP contribution in [0.2, 0.25) is 0 Å². The van der Waals surface area contributed by atoms with Crippen LogP contribution in [0.15, 0.2) is 34.8 Å². The van der Waals surface area contributed by atoms with Crippen molar-refractivity contribution in [3.63, 3.8) is 0 Å². The zero-order chi connectivity index (χ0) is 15.1. The molecule has 0 unspecified atom stereocenters. The van der Waals surface area contributed by atoms with Gasteiger partial charge in [0.2, 0.25) is 0 Å². The van der Waals surface area contributed by atoms with Crippen molar-refractivity contribution in [1.29, 1.82) is 0 Å². The lowest BCUT2D eigenvalue weighted by molar-refractivity contribution is 0.0764. The molecule has 0 saturated heterocycles. The monoisotopic (exact) mass is 351 g/mol. The van der Waals surface area contributed by atoms with Gasteiger partial charge in [-0.2, -0.15) is 0 Å². The molecule has 0 atom stereocenters. The van der Waals surface area contributed by atoms with Crippen molar-refractivity contribution in [2.24, 2.45) is 0 Å². The number of amides is 1. The lowest BCUT2D eigenvalue weighted by Gasteiger charge is -2.16. The zero-order valence-electron chi connectivity index (χ0n) is 10.8. The second kappa shape index (κ2) is 5.04. The first-order valence-electron chi connectivity index (χ1n) is 6.24. The van der Waals surface area contributed by atoms with Gasteiger partial charge in [0.05, 0.1) is 10.0 Å². The quantitative estimate of drug-likeness (QED) is 0.817. The second-order valence-electron chi connectivity index (χ2n) is 4.88. The van der Waals surface area contributed by atoms with Crippen LogP contribution in [0.1, 0.15) is 21.5 Å². The third-order valence-corrected chi connectivity index (χ3v) is 4.07. The van der Waals surface area contributed by atoms with Crippen molar-refractivity contribution in [3.05, 3.63) is 57.3 Å². The van der Waals surface area contributed by atoms with E-state index in [1.807, 2.05) is 0 Å². The molecular weight excluding hydrogens is 341 g/mol. The van der Waals surface area contributed by atoms with E-state index in [-0.39, 0.29) is 28.8 Å². The van der Waals surface area contributed by atoms with Crippen molar-refractivity contribution in [1.82, 2.24) is 4.90 Å². The van der Waals surface area contributed by atoms with Crippen molar-refractivity contribution in [2.45, 2.75) is 13.1 Å². The lowest BCUT2D eigenvalue weighted by atomic mass is 10.1. The van der Waals surface area contributed by atoms with E-state index in [4.69, 9.17) is 0 Å². The van der Waals surface area contributed by atoms with Crippen molar-refractivity contribution < 1.29 is 19.4 Å². The van der Waals surface area contributed by atoms with Crippen LogP contribution in [0.25, 0.3) is 0 Å². The molecule has 6 heteroatoms. The number of hydrogen-bond acceptors (Lipinski definition) is 3. The molecule has 1 aliphatic heterocycles. The molecule has 2 N–H and O–H groups in total. The number of fused-ring (bicyclic) bond motifs is 1. The minimum absolute atomic E-state index is 0.135. The number of aromatic hydroxyl groups is 2. The fourth-order valence-corrected chi connectivity index (χ4v) is 2.84. The summed E-state index contributed by atoms with van der Waals surface area (Å²) < 4.78 is 13.6. The number of nitrogens with zero attached hydrogens (tertiary/aromatic N) is 1. The van der Waals surface area contributed by atoms with Gasteiger partial charge in [0, 0.05) is 13.1 Å². The predicted molar refractivity (Wildman–Crippen MR) is 77.4 cm³/mol. The van der Waals surface area contributed by atoms with Gasteiger partial charge >= 0.3 is 0 Å². The Kier molecular flexibility index (Phi) is 3.33. The van der Waals surface area contributed by atoms with E-state index in [1.165, 1.54) is 17.0 Å². The minimum Gasteiger partial charge on any atom is -0.504 e. The van der Waals surface area contributed by atoms with Gasteiger partial charge in [0.1, 0.15) is 5.82 Å². The number of benzene rings is 2. The lowest BCUT2D eigenvalue weighted by Crippen LogP contribution is -2.23. The number of carbonyl (C=O) groups excluding carboxylic acids is 1. The van der Waals surface area contributed by atoms with Crippen LogP contribution in [0, 0.1) is 5.82 Å². The van der Waals surface area contributed by atoms with Crippen LogP contribution in [0.3, 0.4) is 0 Å². The Hall–Kier alpha value is -2.08. The Balaban J connectivity index is 1.88. The van der Waals surface area contributed by atoms with Crippen LogP contribution in [0.5, 0.6) is 11.5 Å². The summed E-state index contributed by atoms with van der Waals surface area (Å²) in [7, 11) is 0. The molecule has 0 fully saturated rings. The Morgan fingerprint density at radius 2 is 2.00 bits per heavy atom. The van der Waals surface area contributed by atoms with Crippen LogP contribution in [-0.4, -0.2) is 21.0 Å². The first-order chi connectivity index (χ1) is 9.97. The number of phenolic OH excluding ortho intramolecular Hbond substituents is 2. The average Bonchev–Trinajstić information content (AvgIpc) is 2.76. The molecule has 1 aliphatic rings. The van der Waals surface area contributed by atoms with Crippen LogP contribution in [-0.2, 0) is 13.1 Å². The number of phenols is 2. The van der Waals surface area contributed by atoms with Gasteiger partial charge in [-0.1, -0.05) is 12.1 Å². The maximum Gasteiger partial charge on any atom is 0.258 e. The largest absolute Gasteiger partial charge is 0.504 e. The highest BCUT2D eigenvalue weighted by atomic mass is 79.9. The molecule has 0 radical (unpaired) electrons. The molecule has 3 rings (SSSR count). The molecule has 2 aromatic carbocycles. The van der Waals surface area contributed by atoms with Gasteiger partial charge < -0.3 is 15.1 Å². The summed E-state index contributed by atoms with van der Waals surface area (Å²) in [5, 5.41) is 19.3. The summed E-state index contributed by atoms with van der Waals surface area (Å²) in [6.45, 7) is 0.642. The minimum atomic E-state index is -0.389. The molecule has 0 saturated carbocycles. The molecule has 4 nitrogen and oxygen atoms in total.